The molecule has 1 heterocycles. The molecule has 0 amide bonds. The van der Waals surface area contributed by atoms with Crippen molar-refractivity contribution in [3.05, 3.63) is 59.0 Å². The largest absolute Gasteiger partial charge is 0.508 e. The van der Waals surface area contributed by atoms with E-state index >= 15 is 0 Å². The molecule has 0 fully saturated rings. The number of ether oxygens (including phenoxy) is 1. The van der Waals surface area contributed by atoms with E-state index in [4.69, 9.17) is 9.15 Å². The Morgan fingerprint density at radius 3 is 2.61 bits per heavy atom. The number of hydrogen-bond donors (Lipinski definition) is 1. The molecule has 3 aromatic rings. The van der Waals surface area contributed by atoms with E-state index in [1.54, 1.807) is 31.2 Å². The van der Waals surface area contributed by atoms with Crippen molar-refractivity contribution in [3.63, 3.8) is 0 Å². The Labute approximate surface area is 131 Å². The molecule has 0 unspecified atom stereocenters. The summed E-state index contributed by atoms with van der Waals surface area (Å²) in [4.78, 5) is 23.9. The van der Waals surface area contributed by atoms with Crippen molar-refractivity contribution >= 4 is 16.9 Å². The zero-order valence-corrected chi connectivity index (χ0v) is 12.4. The van der Waals surface area contributed by atoms with Crippen LogP contribution in [-0.4, -0.2) is 11.1 Å². The van der Waals surface area contributed by atoms with E-state index in [2.05, 4.69) is 0 Å². The lowest BCUT2D eigenvalue weighted by atomic mass is 10.1. The molecule has 0 aliphatic rings. The van der Waals surface area contributed by atoms with Gasteiger partial charge in [0.05, 0.1) is 10.9 Å². The minimum absolute atomic E-state index is 0.126. The van der Waals surface area contributed by atoms with Gasteiger partial charge >= 0.3 is 5.97 Å². The molecule has 5 nitrogen and oxygen atoms in total. The summed E-state index contributed by atoms with van der Waals surface area (Å²) in [7, 11) is 0. The number of carbonyl (C=O) groups is 1. The molecule has 0 aliphatic heterocycles. The zero-order valence-electron chi connectivity index (χ0n) is 12.4. The predicted octanol–water partition coefficient (Wildman–Crippen LogP) is 3.48. The maximum absolute atomic E-state index is 12.6. The molecule has 0 bridgehead atoms. The molecule has 0 atom stereocenters. The van der Waals surface area contributed by atoms with Crippen LogP contribution in [-0.2, 0) is 4.79 Å². The molecule has 23 heavy (non-hydrogen) atoms. The lowest BCUT2D eigenvalue weighted by Crippen LogP contribution is -2.07. The van der Waals surface area contributed by atoms with Crippen LogP contribution in [0, 0.1) is 0 Å². The SMILES string of the molecule is CCC(=O)Oc1ccc2c(=O)c(-c3ccc(O)cc3)coc2c1. The highest BCUT2D eigenvalue weighted by Crippen LogP contribution is 2.24. The number of carbonyl (C=O) groups excluding carboxylic acids is 1. The lowest BCUT2D eigenvalue weighted by Gasteiger charge is -2.05. The average molecular weight is 310 g/mol. The first-order valence-electron chi connectivity index (χ1n) is 7.14. The summed E-state index contributed by atoms with van der Waals surface area (Å²) in [6, 6.07) is 11.0. The van der Waals surface area contributed by atoms with Crippen LogP contribution in [0.4, 0.5) is 0 Å². The van der Waals surface area contributed by atoms with E-state index in [0.29, 0.717) is 27.8 Å². The number of benzene rings is 2. The van der Waals surface area contributed by atoms with Crippen LogP contribution in [0.1, 0.15) is 13.3 Å². The summed E-state index contributed by atoms with van der Waals surface area (Å²) < 4.78 is 10.6. The van der Waals surface area contributed by atoms with E-state index in [9.17, 15) is 14.7 Å². The van der Waals surface area contributed by atoms with Gasteiger partial charge in [0.2, 0.25) is 0 Å². The van der Waals surface area contributed by atoms with Gasteiger partial charge in [-0.15, -0.1) is 0 Å². The second-order valence-corrected chi connectivity index (χ2v) is 5.01. The van der Waals surface area contributed by atoms with E-state index in [0.717, 1.165) is 0 Å². The van der Waals surface area contributed by atoms with Crippen LogP contribution in [0.5, 0.6) is 11.5 Å². The van der Waals surface area contributed by atoms with E-state index in [1.807, 2.05) is 0 Å². The van der Waals surface area contributed by atoms with Gasteiger partial charge in [0, 0.05) is 12.5 Å². The summed E-state index contributed by atoms with van der Waals surface area (Å²) >= 11 is 0. The summed E-state index contributed by atoms with van der Waals surface area (Å²) in [6.07, 6.45) is 1.63. The van der Waals surface area contributed by atoms with Crippen LogP contribution in [0.3, 0.4) is 0 Å². The number of esters is 1. The predicted molar refractivity (Wildman–Crippen MR) is 85.5 cm³/mol. The highest BCUT2D eigenvalue weighted by Gasteiger charge is 2.11. The zero-order chi connectivity index (χ0) is 16.4. The monoisotopic (exact) mass is 310 g/mol. The van der Waals surface area contributed by atoms with Crippen molar-refractivity contribution in [2.24, 2.45) is 0 Å². The fourth-order valence-corrected chi connectivity index (χ4v) is 2.22. The Balaban J connectivity index is 2.06. The minimum atomic E-state index is -0.354. The molecular weight excluding hydrogens is 296 g/mol. The fourth-order valence-electron chi connectivity index (χ4n) is 2.22. The topological polar surface area (TPSA) is 76.7 Å². The first-order valence-corrected chi connectivity index (χ1v) is 7.14. The molecule has 0 saturated carbocycles. The molecule has 1 aromatic heterocycles. The third-order valence-electron chi connectivity index (χ3n) is 3.44. The van der Waals surface area contributed by atoms with E-state index in [-0.39, 0.29) is 23.6 Å². The van der Waals surface area contributed by atoms with Crippen molar-refractivity contribution in [2.75, 3.05) is 0 Å². The molecule has 0 radical (unpaired) electrons. The maximum atomic E-state index is 12.6. The van der Waals surface area contributed by atoms with Gasteiger partial charge < -0.3 is 14.3 Å². The Morgan fingerprint density at radius 2 is 1.91 bits per heavy atom. The number of fused-ring (bicyclic) bond motifs is 1. The number of phenols is 1. The smallest absolute Gasteiger partial charge is 0.310 e. The highest BCUT2D eigenvalue weighted by atomic mass is 16.5. The van der Waals surface area contributed by atoms with Crippen molar-refractivity contribution in [1.82, 2.24) is 0 Å². The van der Waals surface area contributed by atoms with Crippen molar-refractivity contribution in [2.45, 2.75) is 13.3 Å². The summed E-state index contributed by atoms with van der Waals surface area (Å²) in [6.45, 7) is 1.70. The molecule has 0 aliphatic carbocycles. The number of phenolic OH excluding ortho intramolecular Hbond substituents is 1. The highest BCUT2D eigenvalue weighted by molar-refractivity contribution is 5.83. The molecule has 116 valence electrons. The van der Waals surface area contributed by atoms with Gasteiger partial charge in [0.1, 0.15) is 23.3 Å². The third kappa shape index (κ3) is 2.94. The van der Waals surface area contributed by atoms with Crippen LogP contribution >= 0.6 is 0 Å². The number of hydrogen-bond acceptors (Lipinski definition) is 5. The van der Waals surface area contributed by atoms with Gasteiger partial charge in [0.25, 0.3) is 0 Å². The second kappa shape index (κ2) is 5.96. The fraction of sp³-hybridized carbons (Fsp3) is 0.111. The molecular formula is C18H14O5. The van der Waals surface area contributed by atoms with Crippen LogP contribution < -0.4 is 10.2 Å². The second-order valence-electron chi connectivity index (χ2n) is 5.01. The normalized spacial score (nSPS) is 10.7. The number of rotatable bonds is 3. The number of aromatic hydroxyl groups is 1. The maximum Gasteiger partial charge on any atom is 0.310 e. The van der Waals surface area contributed by atoms with Crippen LogP contribution in [0.2, 0.25) is 0 Å². The van der Waals surface area contributed by atoms with Gasteiger partial charge in [-0.25, -0.2) is 0 Å². The first kappa shape index (κ1) is 14.8. The van der Waals surface area contributed by atoms with Gasteiger partial charge in [-0.2, -0.15) is 0 Å². The van der Waals surface area contributed by atoms with E-state index < -0.39 is 0 Å². The molecule has 5 heteroatoms. The van der Waals surface area contributed by atoms with E-state index in [1.165, 1.54) is 24.5 Å². The quantitative estimate of drug-likeness (QED) is 0.592. The van der Waals surface area contributed by atoms with Gasteiger partial charge in [-0.3, -0.25) is 9.59 Å². The lowest BCUT2D eigenvalue weighted by molar-refractivity contribution is -0.134. The Hall–Kier alpha value is -3.08. The standard InChI is InChI=1S/C18H14O5/c1-2-17(20)23-13-7-8-14-16(9-13)22-10-15(18(14)21)11-3-5-12(19)6-4-11/h3-10,19H,2H2,1H3. The van der Waals surface area contributed by atoms with Crippen LogP contribution in [0.15, 0.2) is 57.9 Å². The molecule has 0 spiro atoms. The third-order valence-corrected chi connectivity index (χ3v) is 3.44. The summed E-state index contributed by atoms with van der Waals surface area (Å²) in [5.41, 5.74) is 1.21. The average Bonchev–Trinajstić information content (AvgIpc) is 2.56. The first-order chi connectivity index (χ1) is 11.1. The summed E-state index contributed by atoms with van der Waals surface area (Å²) in [5, 5.41) is 9.72. The summed E-state index contributed by atoms with van der Waals surface area (Å²) in [5.74, 6) is 0.110. The molecule has 2 aromatic carbocycles. The van der Waals surface area contributed by atoms with Crippen LogP contribution in [0.25, 0.3) is 22.1 Å². The van der Waals surface area contributed by atoms with Crippen molar-refractivity contribution in [1.29, 1.82) is 0 Å². The minimum Gasteiger partial charge on any atom is -0.508 e. The molecule has 3 rings (SSSR count). The van der Waals surface area contributed by atoms with Gasteiger partial charge in [-0.1, -0.05) is 19.1 Å². The molecule has 0 saturated heterocycles. The van der Waals surface area contributed by atoms with Gasteiger partial charge in [0.15, 0.2) is 5.43 Å². The Bertz CT molecular complexity index is 922. The van der Waals surface area contributed by atoms with Crippen molar-refractivity contribution < 1.29 is 19.1 Å². The van der Waals surface area contributed by atoms with Crippen molar-refractivity contribution in [3.8, 4) is 22.6 Å². The Morgan fingerprint density at radius 1 is 1.17 bits per heavy atom. The molecule has 1 N–H and O–H groups in total. The van der Waals surface area contributed by atoms with Gasteiger partial charge in [-0.05, 0) is 29.8 Å². The Kier molecular flexibility index (Phi) is 3.85.